The summed E-state index contributed by atoms with van der Waals surface area (Å²) in [7, 11) is 1.76. The van der Waals surface area contributed by atoms with Gasteiger partial charge in [-0.05, 0) is 53.6 Å². The minimum absolute atomic E-state index is 0.115. The maximum atomic E-state index is 13.0. The van der Waals surface area contributed by atoms with E-state index in [9.17, 15) is 9.59 Å². The lowest BCUT2D eigenvalue weighted by Crippen LogP contribution is -2.25. The molecule has 2 amide bonds. The molecule has 1 N–H and O–H groups in total. The second-order valence-electron chi connectivity index (χ2n) is 6.45. The topological polar surface area (TPSA) is 62.6 Å². The Morgan fingerprint density at radius 1 is 1.00 bits per heavy atom. The Kier molecular flexibility index (Phi) is 4.71. The number of anilines is 2. The van der Waals surface area contributed by atoms with Crippen molar-refractivity contribution in [3.05, 3.63) is 83.1 Å². The van der Waals surface area contributed by atoms with Crippen molar-refractivity contribution in [3.8, 4) is 0 Å². The zero-order valence-corrected chi connectivity index (χ0v) is 16.2. The number of thiophene rings is 1. The first-order chi connectivity index (χ1) is 13.5. The van der Waals surface area contributed by atoms with Gasteiger partial charge in [-0.25, -0.2) is 0 Å². The van der Waals surface area contributed by atoms with Crippen LogP contribution in [0.4, 0.5) is 10.7 Å². The molecule has 0 unspecified atom stereocenters. The smallest absolute Gasteiger partial charge is 0.291 e. The molecular formula is C22H18N2O3S. The number of carbonyl (C=O) groups excluding carboxylic acids is 2. The molecule has 4 aromatic rings. The van der Waals surface area contributed by atoms with Crippen LogP contribution in [-0.2, 0) is 0 Å². The SMILES string of the molecule is Cc1cc(NC(=O)c2ccco2)sc1C(=O)N(C)c1ccc2ccccc2c1. The number of hydrogen-bond acceptors (Lipinski definition) is 4. The number of fused-ring (bicyclic) bond motifs is 1. The molecule has 0 radical (unpaired) electrons. The van der Waals surface area contributed by atoms with Crippen LogP contribution < -0.4 is 10.2 Å². The Morgan fingerprint density at radius 3 is 2.54 bits per heavy atom. The van der Waals surface area contributed by atoms with Crippen LogP contribution in [0, 0.1) is 6.92 Å². The van der Waals surface area contributed by atoms with Crippen molar-refractivity contribution in [2.45, 2.75) is 6.92 Å². The fraction of sp³-hybridized carbons (Fsp3) is 0.0909. The second-order valence-corrected chi connectivity index (χ2v) is 7.50. The predicted octanol–water partition coefficient (Wildman–Crippen LogP) is 5.33. The first kappa shape index (κ1) is 18.0. The third-order valence-electron chi connectivity index (χ3n) is 4.52. The van der Waals surface area contributed by atoms with E-state index in [1.165, 1.54) is 17.6 Å². The van der Waals surface area contributed by atoms with Crippen molar-refractivity contribution < 1.29 is 14.0 Å². The Morgan fingerprint density at radius 2 is 1.79 bits per heavy atom. The number of carbonyl (C=O) groups is 2. The summed E-state index contributed by atoms with van der Waals surface area (Å²) in [4.78, 5) is 27.4. The van der Waals surface area contributed by atoms with E-state index in [1.807, 2.05) is 49.4 Å². The number of rotatable bonds is 4. The first-order valence-corrected chi connectivity index (χ1v) is 9.57. The molecule has 0 saturated heterocycles. The van der Waals surface area contributed by atoms with Gasteiger partial charge in [0.25, 0.3) is 11.8 Å². The van der Waals surface area contributed by atoms with Crippen LogP contribution in [0.25, 0.3) is 10.8 Å². The van der Waals surface area contributed by atoms with E-state index in [4.69, 9.17) is 4.42 Å². The minimum atomic E-state index is -0.340. The molecule has 0 spiro atoms. The van der Waals surface area contributed by atoms with Gasteiger partial charge >= 0.3 is 0 Å². The van der Waals surface area contributed by atoms with E-state index in [0.717, 1.165) is 22.0 Å². The molecule has 0 saturated carbocycles. The van der Waals surface area contributed by atoms with Crippen LogP contribution in [0.3, 0.4) is 0 Å². The molecule has 0 fully saturated rings. The number of nitrogens with zero attached hydrogens (tertiary/aromatic N) is 1. The molecule has 2 heterocycles. The molecule has 2 aromatic heterocycles. The average molecular weight is 390 g/mol. The lowest BCUT2D eigenvalue weighted by atomic mass is 10.1. The standard InChI is InChI=1S/C22H18N2O3S/c1-14-12-19(23-21(25)18-8-5-11-27-18)28-20(14)22(26)24(2)17-10-9-15-6-3-4-7-16(15)13-17/h3-13H,1-2H3,(H,23,25). The van der Waals surface area contributed by atoms with Crippen LogP contribution >= 0.6 is 11.3 Å². The summed E-state index contributed by atoms with van der Waals surface area (Å²) in [5.41, 5.74) is 1.63. The van der Waals surface area contributed by atoms with Crippen molar-refractivity contribution >= 4 is 44.6 Å². The molecule has 0 aliphatic carbocycles. The number of nitrogens with one attached hydrogen (secondary N) is 1. The van der Waals surface area contributed by atoms with Crippen molar-refractivity contribution in [1.82, 2.24) is 0 Å². The van der Waals surface area contributed by atoms with Gasteiger partial charge in [0, 0.05) is 12.7 Å². The highest BCUT2D eigenvalue weighted by molar-refractivity contribution is 7.18. The van der Waals surface area contributed by atoms with Crippen molar-refractivity contribution in [1.29, 1.82) is 0 Å². The summed E-state index contributed by atoms with van der Waals surface area (Å²) in [5, 5.41) is 5.59. The van der Waals surface area contributed by atoms with Gasteiger partial charge in [0.1, 0.15) is 0 Å². The van der Waals surface area contributed by atoms with E-state index < -0.39 is 0 Å². The second kappa shape index (κ2) is 7.32. The monoisotopic (exact) mass is 390 g/mol. The van der Waals surface area contributed by atoms with Gasteiger partial charge in [-0.3, -0.25) is 9.59 Å². The highest BCUT2D eigenvalue weighted by atomic mass is 32.1. The number of furan rings is 1. The number of hydrogen-bond donors (Lipinski definition) is 1. The van der Waals surface area contributed by atoms with Crippen LogP contribution in [0.1, 0.15) is 25.8 Å². The van der Waals surface area contributed by atoms with Gasteiger partial charge in [0.05, 0.1) is 16.1 Å². The molecule has 0 aliphatic rings. The first-order valence-electron chi connectivity index (χ1n) is 8.75. The number of aryl methyl sites for hydroxylation is 1. The highest BCUT2D eigenvalue weighted by Crippen LogP contribution is 2.30. The van der Waals surface area contributed by atoms with E-state index in [1.54, 1.807) is 30.1 Å². The highest BCUT2D eigenvalue weighted by Gasteiger charge is 2.20. The van der Waals surface area contributed by atoms with Gasteiger partial charge in [0.15, 0.2) is 5.76 Å². The summed E-state index contributed by atoms with van der Waals surface area (Å²) in [5.74, 6) is -0.225. The van der Waals surface area contributed by atoms with Crippen LogP contribution in [-0.4, -0.2) is 18.9 Å². The van der Waals surface area contributed by atoms with Crippen LogP contribution in [0.5, 0.6) is 0 Å². The maximum Gasteiger partial charge on any atom is 0.291 e. The molecule has 0 atom stereocenters. The van der Waals surface area contributed by atoms with Gasteiger partial charge in [-0.2, -0.15) is 0 Å². The Bertz CT molecular complexity index is 1160. The van der Waals surface area contributed by atoms with Gasteiger partial charge in [0.2, 0.25) is 0 Å². The van der Waals surface area contributed by atoms with Gasteiger partial charge in [-0.1, -0.05) is 30.3 Å². The van der Waals surface area contributed by atoms with Crippen molar-refractivity contribution in [2.75, 3.05) is 17.3 Å². The van der Waals surface area contributed by atoms with Gasteiger partial charge < -0.3 is 14.6 Å². The minimum Gasteiger partial charge on any atom is -0.459 e. The summed E-state index contributed by atoms with van der Waals surface area (Å²) < 4.78 is 5.10. The molecule has 140 valence electrons. The van der Waals surface area contributed by atoms with E-state index >= 15 is 0 Å². The molecular weight excluding hydrogens is 372 g/mol. The Balaban J connectivity index is 1.56. The maximum absolute atomic E-state index is 13.0. The third kappa shape index (κ3) is 3.42. The van der Waals surface area contributed by atoms with E-state index in [2.05, 4.69) is 5.32 Å². The molecule has 28 heavy (non-hydrogen) atoms. The zero-order chi connectivity index (χ0) is 19.7. The third-order valence-corrected chi connectivity index (χ3v) is 5.66. The molecule has 0 aliphatic heterocycles. The average Bonchev–Trinajstić information content (AvgIpc) is 3.36. The summed E-state index contributed by atoms with van der Waals surface area (Å²) in [6.45, 7) is 1.86. The normalized spacial score (nSPS) is 10.8. The number of benzene rings is 2. The van der Waals surface area contributed by atoms with Crippen molar-refractivity contribution in [2.24, 2.45) is 0 Å². The Labute approximate surface area is 166 Å². The predicted molar refractivity (Wildman–Crippen MR) is 112 cm³/mol. The summed E-state index contributed by atoms with van der Waals surface area (Å²) in [6.07, 6.45) is 1.45. The molecule has 4 rings (SSSR count). The largest absolute Gasteiger partial charge is 0.459 e. The van der Waals surface area contributed by atoms with Gasteiger partial charge in [-0.15, -0.1) is 11.3 Å². The van der Waals surface area contributed by atoms with E-state index in [-0.39, 0.29) is 17.6 Å². The lowest BCUT2D eigenvalue weighted by Gasteiger charge is -2.17. The summed E-state index contributed by atoms with van der Waals surface area (Å²) in [6, 6.07) is 19.0. The lowest BCUT2D eigenvalue weighted by molar-refractivity contribution is 0.0988. The molecule has 5 nitrogen and oxygen atoms in total. The molecule has 6 heteroatoms. The quantitative estimate of drug-likeness (QED) is 0.512. The van der Waals surface area contributed by atoms with Crippen LogP contribution in [0.15, 0.2) is 71.3 Å². The Hall–Kier alpha value is -3.38. The van der Waals surface area contributed by atoms with E-state index in [0.29, 0.717) is 9.88 Å². The molecule has 2 aromatic carbocycles. The van der Waals surface area contributed by atoms with Crippen LogP contribution in [0.2, 0.25) is 0 Å². The zero-order valence-electron chi connectivity index (χ0n) is 15.4. The van der Waals surface area contributed by atoms with Crippen molar-refractivity contribution in [3.63, 3.8) is 0 Å². The summed E-state index contributed by atoms with van der Waals surface area (Å²) >= 11 is 1.26. The fourth-order valence-electron chi connectivity index (χ4n) is 2.99. The fourth-order valence-corrected chi connectivity index (χ4v) is 4.04. The number of amides is 2. The molecule has 0 bridgehead atoms.